The lowest BCUT2D eigenvalue weighted by molar-refractivity contribution is -0.121. The average Bonchev–Trinajstić information content (AvgIpc) is 3.34. The van der Waals surface area contributed by atoms with Crippen LogP contribution in [0.15, 0.2) is 38.5 Å². The predicted molar refractivity (Wildman–Crippen MR) is 108 cm³/mol. The zero-order valence-corrected chi connectivity index (χ0v) is 16.6. The highest BCUT2D eigenvalue weighted by molar-refractivity contribution is 7.17. The van der Waals surface area contributed by atoms with Crippen molar-refractivity contribution in [2.75, 3.05) is 20.3 Å². The van der Waals surface area contributed by atoms with Gasteiger partial charge in [0.1, 0.15) is 11.2 Å². The first-order valence-corrected chi connectivity index (χ1v) is 10.4. The lowest BCUT2D eigenvalue weighted by Gasteiger charge is -2.12. The summed E-state index contributed by atoms with van der Waals surface area (Å²) in [5, 5.41) is 6.51. The van der Waals surface area contributed by atoms with Gasteiger partial charge in [-0.2, -0.15) is 0 Å². The van der Waals surface area contributed by atoms with E-state index in [1.54, 1.807) is 29.9 Å². The molecule has 0 aromatic carbocycles. The first-order chi connectivity index (χ1) is 13.1. The van der Waals surface area contributed by atoms with E-state index in [1.165, 1.54) is 20.5 Å². The molecule has 3 aromatic heterocycles. The molecule has 0 spiro atoms. The van der Waals surface area contributed by atoms with Gasteiger partial charge >= 0.3 is 5.69 Å². The third-order valence-electron chi connectivity index (χ3n) is 4.15. The number of carbonyl (C=O) groups is 1. The molecule has 1 N–H and O–H groups in total. The van der Waals surface area contributed by atoms with E-state index >= 15 is 0 Å². The summed E-state index contributed by atoms with van der Waals surface area (Å²) in [6, 6.07) is 5.63. The molecule has 3 rings (SSSR count). The highest BCUT2D eigenvalue weighted by Gasteiger charge is 2.16. The Bertz CT molecular complexity index is 1020. The number of carbonyl (C=O) groups excluding carboxylic acids is 1. The van der Waals surface area contributed by atoms with Crippen LogP contribution in [-0.4, -0.2) is 35.3 Å². The van der Waals surface area contributed by atoms with Crippen molar-refractivity contribution in [2.24, 2.45) is 0 Å². The van der Waals surface area contributed by atoms with Gasteiger partial charge in [-0.1, -0.05) is 6.07 Å². The number of aromatic nitrogens is 2. The normalized spacial score (nSPS) is 11.1. The third-order valence-corrected chi connectivity index (χ3v) is 5.98. The molecule has 0 unspecified atom stereocenters. The molecular weight excluding hydrogens is 386 g/mol. The Hall–Kier alpha value is -2.23. The summed E-state index contributed by atoms with van der Waals surface area (Å²) in [6.07, 6.45) is 1.30. The standard InChI is InChI=1S/C18H21N3O4S2/c1-25-9-3-7-19-15(22)12-21-14-6-11-27-16(14)17(23)20(18(21)24)8-5-13-4-2-10-26-13/h2,4,6,10-11H,3,5,7-9,12H2,1H3,(H,19,22). The van der Waals surface area contributed by atoms with Crippen molar-refractivity contribution in [3.8, 4) is 0 Å². The fraction of sp³-hybridized carbons (Fsp3) is 0.389. The predicted octanol–water partition coefficient (Wildman–Crippen LogP) is 1.68. The number of hydrogen-bond donors (Lipinski definition) is 1. The summed E-state index contributed by atoms with van der Waals surface area (Å²) in [5.74, 6) is -0.260. The Morgan fingerprint density at radius 2 is 2.04 bits per heavy atom. The molecule has 1 amide bonds. The van der Waals surface area contributed by atoms with Crippen molar-refractivity contribution in [1.82, 2.24) is 14.5 Å². The van der Waals surface area contributed by atoms with Crippen molar-refractivity contribution in [2.45, 2.75) is 25.9 Å². The van der Waals surface area contributed by atoms with Gasteiger partial charge in [-0.15, -0.1) is 22.7 Å². The number of aryl methyl sites for hydroxylation is 1. The lowest BCUT2D eigenvalue weighted by atomic mass is 10.3. The topological polar surface area (TPSA) is 82.3 Å². The van der Waals surface area contributed by atoms with Gasteiger partial charge in [-0.05, 0) is 35.7 Å². The molecule has 144 valence electrons. The molecule has 9 heteroatoms. The second kappa shape index (κ2) is 9.12. The maximum absolute atomic E-state index is 12.9. The summed E-state index contributed by atoms with van der Waals surface area (Å²) in [7, 11) is 1.61. The van der Waals surface area contributed by atoms with Crippen molar-refractivity contribution in [3.63, 3.8) is 0 Å². The van der Waals surface area contributed by atoms with Gasteiger partial charge in [-0.3, -0.25) is 18.7 Å². The fourth-order valence-corrected chi connectivity index (χ4v) is 4.35. The summed E-state index contributed by atoms with van der Waals surface area (Å²) in [4.78, 5) is 39.0. The SMILES string of the molecule is COCCCNC(=O)Cn1c(=O)n(CCc2cccs2)c(=O)c2sccc21. The van der Waals surface area contributed by atoms with Crippen molar-refractivity contribution >= 4 is 38.8 Å². The minimum Gasteiger partial charge on any atom is -0.385 e. The maximum Gasteiger partial charge on any atom is 0.332 e. The molecule has 0 fully saturated rings. The Morgan fingerprint density at radius 1 is 1.19 bits per heavy atom. The van der Waals surface area contributed by atoms with Crippen LogP contribution >= 0.6 is 22.7 Å². The Morgan fingerprint density at radius 3 is 2.78 bits per heavy atom. The van der Waals surface area contributed by atoms with Gasteiger partial charge in [0.05, 0.1) is 5.52 Å². The number of nitrogens with one attached hydrogen (secondary N) is 1. The number of rotatable bonds is 9. The maximum atomic E-state index is 12.9. The van der Waals surface area contributed by atoms with E-state index in [0.717, 1.165) is 4.88 Å². The highest BCUT2D eigenvalue weighted by atomic mass is 32.1. The molecule has 0 aliphatic rings. The molecule has 0 radical (unpaired) electrons. The first-order valence-electron chi connectivity index (χ1n) is 8.60. The smallest absolute Gasteiger partial charge is 0.332 e. The van der Waals surface area contributed by atoms with E-state index in [9.17, 15) is 14.4 Å². The van der Waals surface area contributed by atoms with Crippen LogP contribution in [0.2, 0.25) is 0 Å². The van der Waals surface area contributed by atoms with Crippen LogP contribution < -0.4 is 16.6 Å². The van der Waals surface area contributed by atoms with Gasteiger partial charge in [0.2, 0.25) is 5.91 Å². The first kappa shape index (κ1) is 19.5. The second-order valence-corrected chi connectivity index (χ2v) is 7.93. The molecule has 0 saturated heterocycles. The van der Waals surface area contributed by atoms with Crippen molar-refractivity contribution in [1.29, 1.82) is 0 Å². The largest absolute Gasteiger partial charge is 0.385 e. The summed E-state index contributed by atoms with van der Waals surface area (Å²) in [6.45, 7) is 1.22. The van der Waals surface area contributed by atoms with Crippen LogP contribution in [0.4, 0.5) is 0 Å². The van der Waals surface area contributed by atoms with Crippen LogP contribution in [0.5, 0.6) is 0 Å². The van der Waals surface area contributed by atoms with E-state index in [0.29, 0.717) is 42.8 Å². The zero-order chi connectivity index (χ0) is 19.2. The number of amides is 1. The van der Waals surface area contributed by atoms with Crippen LogP contribution in [0, 0.1) is 0 Å². The van der Waals surface area contributed by atoms with Crippen LogP contribution in [0.1, 0.15) is 11.3 Å². The van der Waals surface area contributed by atoms with Gasteiger partial charge in [0.25, 0.3) is 5.56 Å². The Balaban J connectivity index is 1.85. The average molecular weight is 408 g/mol. The highest BCUT2D eigenvalue weighted by Crippen LogP contribution is 2.15. The monoisotopic (exact) mass is 407 g/mol. The molecule has 0 bridgehead atoms. The van der Waals surface area contributed by atoms with Gasteiger partial charge in [0, 0.05) is 31.7 Å². The van der Waals surface area contributed by atoms with Gasteiger partial charge < -0.3 is 10.1 Å². The molecule has 7 nitrogen and oxygen atoms in total. The van der Waals surface area contributed by atoms with Crippen LogP contribution in [-0.2, 0) is 29.0 Å². The van der Waals surface area contributed by atoms with Gasteiger partial charge in [-0.25, -0.2) is 4.79 Å². The fourth-order valence-electron chi connectivity index (χ4n) is 2.80. The number of thiophene rings is 2. The lowest BCUT2D eigenvalue weighted by Crippen LogP contribution is -2.42. The molecule has 0 aliphatic heterocycles. The molecule has 3 aromatic rings. The molecular formula is C18H21N3O4S2. The summed E-state index contributed by atoms with van der Waals surface area (Å²) < 4.78 is 8.06. The number of fused-ring (bicyclic) bond motifs is 1. The summed E-state index contributed by atoms with van der Waals surface area (Å²) >= 11 is 2.88. The van der Waals surface area contributed by atoms with Crippen molar-refractivity contribution < 1.29 is 9.53 Å². The zero-order valence-electron chi connectivity index (χ0n) is 15.0. The van der Waals surface area contributed by atoms with Crippen molar-refractivity contribution in [3.05, 3.63) is 54.7 Å². The van der Waals surface area contributed by atoms with E-state index in [1.807, 2.05) is 17.5 Å². The minimum absolute atomic E-state index is 0.113. The van der Waals surface area contributed by atoms with E-state index in [4.69, 9.17) is 4.74 Å². The molecule has 3 heterocycles. The van der Waals surface area contributed by atoms with E-state index in [-0.39, 0.29) is 18.0 Å². The number of ether oxygens (including phenoxy) is 1. The number of hydrogen-bond acceptors (Lipinski definition) is 6. The van der Waals surface area contributed by atoms with E-state index < -0.39 is 5.69 Å². The van der Waals surface area contributed by atoms with Gasteiger partial charge in [0.15, 0.2) is 0 Å². The number of methoxy groups -OCH3 is 1. The Labute approximate surface area is 163 Å². The Kier molecular flexibility index (Phi) is 6.59. The van der Waals surface area contributed by atoms with E-state index in [2.05, 4.69) is 5.32 Å². The van der Waals surface area contributed by atoms with Crippen LogP contribution in [0.25, 0.3) is 10.2 Å². The third kappa shape index (κ3) is 4.55. The molecule has 0 aliphatic carbocycles. The molecule has 0 atom stereocenters. The second-order valence-electron chi connectivity index (χ2n) is 5.99. The van der Waals surface area contributed by atoms with Crippen LogP contribution in [0.3, 0.4) is 0 Å². The summed E-state index contributed by atoms with van der Waals surface area (Å²) in [5.41, 5.74) is -0.234. The minimum atomic E-state index is -0.450. The quantitative estimate of drug-likeness (QED) is 0.547. The number of nitrogens with zero attached hydrogens (tertiary/aromatic N) is 2. The molecule has 0 saturated carbocycles. The molecule has 27 heavy (non-hydrogen) atoms.